The molecule has 0 heterocycles. The van der Waals surface area contributed by atoms with Crippen molar-refractivity contribution in [3.8, 4) is 0 Å². The summed E-state index contributed by atoms with van der Waals surface area (Å²) in [5.74, 6) is 3.26. The molecule has 5 saturated carbocycles. The van der Waals surface area contributed by atoms with E-state index in [9.17, 15) is 10.2 Å². The highest BCUT2D eigenvalue weighted by atomic mass is 16.3. The first-order valence-corrected chi connectivity index (χ1v) is 14.1. The molecule has 0 unspecified atom stereocenters. The number of hydrogen-bond donors (Lipinski definition) is 2. The van der Waals surface area contributed by atoms with E-state index >= 15 is 0 Å². The van der Waals surface area contributed by atoms with Gasteiger partial charge in [0.15, 0.2) is 0 Å². The lowest BCUT2D eigenvalue weighted by Gasteiger charge is -2.63. The molecular weight excluding hydrogens is 392 g/mol. The van der Waals surface area contributed by atoms with E-state index in [0.717, 1.165) is 42.9 Å². The van der Waals surface area contributed by atoms with Gasteiger partial charge in [-0.3, -0.25) is 0 Å². The molecule has 0 aromatic carbocycles. The van der Waals surface area contributed by atoms with Gasteiger partial charge in [-0.25, -0.2) is 0 Å². The fraction of sp³-hybridized carbons (Fsp3) is 1.00. The summed E-state index contributed by atoms with van der Waals surface area (Å²) in [6.45, 7) is 16.6. The lowest BCUT2D eigenvalue weighted by Crippen LogP contribution is -2.57. The molecular formula is C30H52O2. The van der Waals surface area contributed by atoms with E-state index in [1.807, 2.05) is 13.8 Å². The maximum atomic E-state index is 10.8. The van der Waals surface area contributed by atoms with Crippen LogP contribution in [0.3, 0.4) is 0 Å². The second-order valence-corrected chi connectivity index (χ2v) is 15.2. The van der Waals surface area contributed by atoms with Crippen LogP contribution in [0.4, 0.5) is 0 Å². The third-order valence-electron chi connectivity index (χ3n) is 13.3. The van der Waals surface area contributed by atoms with Gasteiger partial charge in [-0.2, -0.15) is 0 Å². The largest absolute Gasteiger partial charge is 0.393 e. The third kappa shape index (κ3) is 2.90. The number of hydrogen-bond acceptors (Lipinski definition) is 2. The molecule has 2 heteroatoms. The summed E-state index contributed by atoms with van der Waals surface area (Å²) >= 11 is 0. The van der Waals surface area contributed by atoms with E-state index in [2.05, 4.69) is 34.6 Å². The van der Waals surface area contributed by atoms with Crippen molar-refractivity contribution >= 4 is 0 Å². The van der Waals surface area contributed by atoms with Gasteiger partial charge in [0.05, 0.1) is 11.7 Å². The molecule has 2 spiro atoms. The number of rotatable bonds is 5. The molecule has 0 saturated heterocycles. The lowest BCUT2D eigenvalue weighted by molar-refractivity contribution is -0.161. The molecule has 0 radical (unpaired) electrons. The van der Waals surface area contributed by atoms with Crippen LogP contribution < -0.4 is 0 Å². The van der Waals surface area contributed by atoms with Crippen molar-refractivity contribution in [2.24, 2.45) is 50.7 Å². The van der Waals surface area contributed by atoms with Crippen LogP contribution >= 0.6 is 0 Å². The molecule has 0 aliphatic heterocycles. The minimum atomic E-state index is -0.523. The predicted octanol–water partition coefficient (Wildman–Crippen LogP) is 7.36. The molecule has 184 valence electrons. The highest BCUT2D eigenvalue weighted by molar-refractivity contribution is 5.30. The molecule has 0 aromatic rings. The van der Waals surface area contributed by atoms with E-state index in [4.69, 9.17) is 0 Å². The van der Waals surface area contributed by atoms with E-state index < -0.39 is 5.60 Å². The number of fused-ring (bicyclic) bond motifs is 2. The van der Waals surface area contributed by atoms with Gasteiger partial charge < -0.3 is 10.2 Å². The summed E-state index contributed by atoms with van der Waals surface area (Å²) in [5, 5.41) is 21.0. The molecule has 2 N–H and O–H groups in total. The van der Waals surface area contributed by atoms with Crippen molar-refractivity contribution < 1.29 is 10.2 Å². The Morgan fingerprint density at radius 2 is 1.50 bits per heavy atom. The van der Waals surface area contributed by atoms with Crippen LogP contribution in [0.15, 0.2) is 0 Å². The van der Waals surface area contributed by atoms with Crippen LogP contribution in [0.1, 0.15) is 126 Å². The van der Waals surface area contributed by atoms with Gasteiger partial charge in [0.25, 0.3) is 0 Å². The summed E-state index contributed by atoms with van der Waals surface area (Å²) in [6, 6.07) is 0. The summed E-state index contributed by atoms with van der Waals surface area (Å²) < 4.78 is 0. The highest BCUT2D eigenvalue weighted by Crippen LogP contribution is 2.89. The van der Waals surface area contributed by atoms with E-state index in [1.54, 1.807) is 0 Å². The molecule has 5 rings (SSSR count). The number of aliphatic hydroxyl groups is 2. The van der Waals surface area contributed by atoms with Gasteiger partial charge in [-0.15, -0.1) is 0 Å². The normalized spacial score (nSPS) is 52.4. The van der Waals surface area contributed by atoms with Crippen LogP contribution in [0.2, 0.25) is 0 Å². The van der Waals surface area contributed by atoms with Crippen LogP contribution in [-0.4, -0.2) is 21.9 Å². The molecule has 32 heavy (non-hydrogen) atoms. The van der Waals surface area contributed by atoms with Crippen LogP contribution in [0.5, 0.6) is 0 Å². The van der Waals surface area contributed by atoms with Gasteiger partial charge in [-0.1, -0.05) is 47.5 Å². The average Bonchev–Trinajstić information content (AvgIpc) is 3.27. The molecule has 5 fully saturated rings. The Hall–Kier alpha value is -0.0800. The van der Waals surface area contributed by atoms with Gasteiger partial charge in [-0.05, 0) is 129 Å². The van der Waals surface area contributed by atoms with Gasteiger partial charge >= 0.3 is 0 Å². The van der Waals surface area contributed by atoms with Crippen LogP contribution in [0, 0.1) is 50.7 Å². The monoisotopic (exact) mass is 444 g/mol. The predicted molar refractivity (Wildman–Crippen MR) is 132 cm³/mol. The molecule has 5 aliphatic rings. The van der Waals surface area contributed by atoms with Crippen molar-refractivity contribution in [2.45, 2.75) is 137 Å². The molecule has 2 nitrogen and oxygen atoms in total. The first-order valence-electron chi connectivity index (χ1n) is 14.1. The maximum absolute atomic E-state index is 10.8. The Kier molecular flexibility index (Phi) is 5.17. The molecule has 0 amide bonds. The zero-order valence-electron chi connectivity index (χ0n) is 22.3. The fourth-order valence-corrected chi connectivity index (χ4v) is 11.4. The minimum absolute atomic E-state index is 0.0988. The Bertz CT molecular complexity index is 750. The Morgan fingerprint density at radius 1 is 0.844 bits per heavy atom. The van der Waals surface area contributed by atoms with Crippen LogP contribution in [-0.2, 0) is 0 Å². The van der Waals surface area contributed by atoms with Crippen LogP contribution in [0.25, 0.3) is 0 Å². The van der Waals surface area contributed by atoms with Gasteiger partial charge in [0.2, 0.25) is 0 Å². The molecule has 0 bridgehead atoms. The maximum Gasteiger partial charge on any atom is 0.0594 e. The second kappa shape index (κ2) is 6.99. The van der Waals surface area contributed by atoms with Crippen molar-refractivity contribution in [1.29, 1.82) is 0 Å². The molecule has 9 atom stereocenters. The summed E-state index contributed by atoms with van der Waals surface area (Å²) in [5.41, 5.74) is 1.71. The highest BCUT2D eigenvalue weighted by Gasteiger charge is 2.82. The summed E-state index contributed by atoms with van der Waals surface area (Å²) in [4.78, 5) is 0. The van der Waals surface area contributed by atoms with E-state index in [1.165, 1.54) is 57.8 Å². The van der Waals surface area contributed by atoms with E-state index in [0.29, 0.717) is 21.7 Å². The smallest absolute Gasteiger partial charge is 0.0594 e. The Labute approximate surface area is 198 Å². The molecule has 0 aromatic heterocycles. The lowest BCUT2D eigenvalue weighted by atomic mass is 9.41. The zero-order valence-corrected chi connectivity index (χ0v) is 22.3. The summed E-state index contributed by atoms with van der Waals surface area (Å²) in [6.07, 6.45) is 15.6. The SMILES string of the molecule is C[C@@H](CCCC(C)(C)O)[C@H]1CC[C@]2(C)[C@H]3CC[C@@H]4C(C)(C)[C@@H](O)CC[C@@]45C[C@@]35CC[C@]12C. The van der Waals surface area contributed by atoms with Crippen molar-refractivity contribution in [3.63, 3.8) is 0 Å². The Balaban J connectivity index is 1.37. The first-order chi connectivity index (χ1) is 14.7. The second-order valence-electron chi connectivity index (χ2n) is 15.2. The van der Waals surface area contributed by atoms with Crippen molar-refractivity contribution in [3.05, 3.63) is 0 Å². The standard InChI is InChI=1S/C30H52O2/c1-20(9-8-14-25(2,3)32)21-12-15-28(7)23-11-10-22-26(4,5)24(31)13-16-29(22)19-30(23,29)18-17-27(21,28)6/h20-24,31-32H,8-19H2,1-7H3/t20-,21+,22+,23+,24-,27+,28+,29+,30-/m0/s1. The molecule has 5 aliphatic carbocycles. The number of aliphatic hydroxyl groups excluding tert-OH is 1. The average molecular weight is 445 g/mol. The zero-order chi connectivity index (χ0) is 23.4. The quantitative estimate of drug-likeness (QED) is 0.465. The third-order valence-corrected chi connectivity index (χ3v) is 13.3. The van der Waals surface area contributed by atoms with Gasteiger partial charge in [0.1, 0.15) is 0 Å². The first kappa shape index (κ1) is 23.7. The van der Waals surface area contributed by atoms with E-state index in [-0.39, 0.29) is 11.5 Å². The Morgan fingerprint density at radius 3 is 2.19 bits per heavy atom. The summed E-state index contributed by atoms with van der Waals surface area (Å²) in [7, 11) is 0. The van der Waals surface area contributed by atoms with Crippen molar-refractivity contribution in [2.75, 3.05) is 0 Å². The topological polar surface area (TPSA) is 40.5 Å². The fourth-order valence-electron chi connectivity index (χ4n) is 11.4. The van der Waals surface area contributed by atoms with Crippen molar-refractivity contribution in [1.82, 2.24) is 0 Å². The minimum Gasteiger partial charge on any atom is -0.393 e. The van der Waals surface area contributed by atoms with Gasteiger partial charge in [0, 0.05) is 0 Å².